The van der Waals surface area contributed by atoms with Gasteiger partial charge in [-0.15, -0.1) is 0 Å². The fraction of sp³-hybridized carbons (Fsp3) is 0.391. The van der Waals surface area contributed by atoms with E-state index in [2.05, 4.69) is 18.7 Å². The molecule has 1 N–H and O–H groups in total. The van der Waals surface area contributed by atoms with Gasteiger partial charge >= 0.3 is 0 Å². The van der Waals surface area contributed by atoms with Crippen LogP contribution in [0.15, 0.2) is 46.6 Å². The van der Waals surface area contributed by atoms with Crippen LogP contribution >= 0.6 is 11.6 Å². The number of likely N-dealkylation sites (tertiary alicyclic amines) is 1. The van der Waals surface area contributed by atoms with Crippen LogP contribution in [-0.2, 0) is 9.59 Å². The number of ketones is 1. The van der Waals surface area contributed by atoms with Gasteiger partial charge in [0.05, 0.1) is 24.0 Å². The Hall–Kier alpha value is -2.77. The highest BCUT2D eigenvalue weighted by molar-refractivity contribution is 6.46. The van der Waals surface area contributed by atoms with Gasteiger partial charge in [0.25, 0.3) is 11.7 Å². The number of aliphatic hydroxyl groups is 1. The zero-order valence-electron chi connectivity index (χ0n) is 17.9. The highest BCUT2D eigenvalue weighted by Crippen LogP contribution is 2.40. The molecule has 0 bridgehead atoms. The Bertz CT molecular complexity index is 966. The number of carbonyl (C=O) groups excluding carboxylic acids is 2. The number of benzene rings is 1. The highest BCUT2D eigenvalue weighted by Gasteiger charge is 2.47. The number of halogens is 1. The summed E-state index contributed by atoms with van der Waals surface area (Å²) in [5.74, 6) is -0.827. The maximum absolute atomic E-state index is 12.9. The molecular formula is C23H27ClN2O5. The first-order valence-corrected chi connectivity index (χ1v) is 10.7. The third-order valence-electron chi connectivity index (χ3n) is 5.55. The molecule has 8 heteroatoms. The first kappa shape index (κ1) is 22.9. The molecule has 166 valence electrons. The van der Waals surface area contributed by atoms with Crippen LogP contribution < -0.4 is 4.74 Å². The topological polar surface area (TPSA) is 83.2 Å². The molecule has 3 rings (SSSR count). The molecule has 1 amide bonds. The molecule has 1 atom stereocenters. The van der Waals surface area contributed by atoms with Gasteiger partial charge in [-0.05, 0) is 56.4 Å². The van der Waals surface area contributed by atoms with Crippen molar-refractivity contribution >= 4 is 29.1 Å². The monoisotopic (exact) mass is 446 g/mol. The van der Waals surface area contributed by atoms with E-state index in [1.54, 1.807) is 24.3 Å². The van der Waals surface area contributed by atoms with Crippen LogP contribution in [0.5, 0.6) is 5.75 Å². The van der Waals surface area contributed by atoms with Crippen molar-refractivity contribution in [2.24, 2.45) is 0 Å². The van der Waals surface area contributed by atoms with Gasteiger partial charge in [0.1, 0.15) is 23.3 Å². The summed E-state index contributed by atoms with van der Waals surface area (Å²) >= 11 is 6.19. The van der Waals surface area contributed by atoms with E-state index in [-0.39, 0.29) is 16.4 Å². The molecule has 1 aliphatic rings. The van der Waals surface area contributed by atoms with Gasteiger partial charge in [0.15, 0.2) is 0 Å². The molecule has 7 nitrogen and oxygen atoms in total. The molecule has 2 heterocycles. The van der Waals surface area contributed by atoms with Crippen molar-refractivity contribution in [3.05, 3.63) is 58.5 Å². The van der Waals surface area contributed by atoms with E-state index in [0.29, 0.717) is 30.0 Å². The Kier molecular flexibility index (Phi) is 7.41. The van der Waals surface area contributed by atoms with Crippen molar-refractivity contribution in [2.75, 3.05) is 33.3 Å². The molecular weight excluding hydrogens is 420 g/mol. The van der Waals surface area contributed by atoms with Gasteiger partial charge in [0.2, 0.25) is 0 Å². The smallest absolute Gasteiger partial charge is 0.295 e. The fourth-order valence-electron chi connectivity index (χ4n) is 3.83. The molecule has 1 saturated heterocycles. The summed E-state index contributed by atoms with van der Waals surface area (Å²) in [6.07, 6.45) is 2.18. The molecule has 1 aromatic heterocycles. The standard InChI is InChI=1S/C23H27ClN2O5/c1-4-25(5-2)11-7-12-26-20(18-8-6-13-31-18)19(22(28)23(26)29)21(27)15-9-10-17(30-3)16(24)14-15/h6,8-10,13-14,20,27H,4-5,7,11-12H2,1-3H3/b21-19-/t20-/m0/s1. The number of hydrogen-bond donors (Lipinski definition) is 1. The largest absolute Gasteiger partial charge is 0.507 e. The third kappa shape index (κ3) is 4.62. The van der Waals surface area contributed by atoms with E-state index < -0.39 is 17.7 Å². The number of hydrogen-bond acceptors (Lipinski definition) is 6. The number of nitrogens with zero attached hydrogens (tertiary/aromatic N) is 2. The van der Waals surface area contributed by atoms with E-state index in [9.17, 15) is 14.7 Å². The van der Waals surface area contributed by atoms with Gasteiger partial charge in [-0.2, -0.15) is 0 Å². The number of rotatable bonds is 9. The predicted molar refractivity (Wildman–Crippen MR) is 118 cm³/mol. The van der Waals surface area contributed by atoms with Crippen molar-refractivity contribution in [3.63, 3.8) is 0 Å². The molecule has 0 radical (unpaired) electrons. The minimum atomic E-state index is -0.799. The van der Waals surface area contributed by atoms with E-state index in [4.69, 9.17) is 20.8 Å². The molecule has 1 fully saturated rings. The van der Waals surface area contributed by atoms with Crippen LogP contribution in [0.3, 0.4) is 0 Å². The van der Waals surface area contributed by atoms with Crippen molar-refractivity contribution in [1.82, 2.24) is 9.80 Å². The van der Waals surface area contributed by atoms with Gasteiger partial charge in [-0.25, -0.2) is 0 Å². The molecule has 0 saturated carbocycles. The summed E-state index contributed by atoms with van der Waals surface area (Å²) in [6, 6.07) is 7.28. The number of Topliss-reactive ketones (excluding diaryl/α,β-unsaturated/α-hetero) is 1. The molecule has 0 aliphatic carbocycles. The van der Waals surface area contributed by atoms with Gasteiger partial charge in [-0.1, -0.05) is 25.4 Å². The second-order valence-corrected chi connectivity index (χ2v) is 7.64. The lowest BCUT2D eigenvalue weighted by molar-refractivity contribution is -0.140. The Morgan fingerprint density at radius 1 is 1.26 bits per heavy atom. The van der Waals surface area contributed by atoms with Crippen LogP contribution in [0.4, 0.5) is 0 Å². The van der Waals surface area contributed by atoms with Crippen LogP contribution in [-0.4, -0.2) is 59.9 Å². The number of ether oxygens (including phenoxy) is 1. The minimum absolute atomic E-state index is 0.0102. The quantitative estimate of drug-likeness (QED) is 0.355. The lowest BCUT2D eigenvalue weighted by atomic mass is 9.99. The van der Waals surface area contributed by atoms with Crippen molar-refractivity contribution in [1.29, 1.82) is 0 Å². The minimum Gasteiger partial charge on any atom is -0.507 e. The van der Waals surface area contributed by atoms with Crippen LogP contribution in [0.1, 0.15) is 37.6 Å². The van der Waals surface area contributed by atoms with Crippen molar-refractivity contribution < 1.29 is 23.8 Å². The van der Waals surface area contributed by atoms with E-state index in [0.717, 1.165) is 19.6 Å². The summed E-state index contributed by atoms with van der Waals surface area (Å²) in [7, 11) is 1.49. The summed E-state index contributed by atoms with van der Waals surface area (Å²) in [4.78, 5) is 29.5. The van der Waals surface area contributed by atoms with Gasteiger partial charge < -0.3 is 24.1 Å². The third-order valence-corrected chi connectivity index (χ3v) is 5.84. The Morgan fingerprint density at radius 3 is 2.58 bits per heavy atom. The molecule has 2 aromatic rings. The lowest BCUT2D eigenvalue weighted by Gasteiger charge is -2.25. The number of amides is 1. The summed E-state index contributed by atoms with van der Waals surface area (Å²) in [5, 5.41) is 11.3. The fourth-order valence-corrected chi connectivity index (χ4v) is 4.08. The maximum atomic E-state index is 12.9. The van der Waals surface area contributed by atoms with E-state index in [1.807, 2.05) is 0 Å². The van der Waals surface area contributed by atoms with Crippen LogP contribution in [0, 0.1) is 0 Å². The van der Waals surface area contributed by atoms with E-state index in [1.165, 1.54) is 24.3 Å². The Morgan fingerprint density at radius 2 is 2.00 bits per heavy atom. The van der Waals surface area contributed by atoms with Gasteiger partial charge in [0, 0.05) is 12.1 Å². The Balaban J connectivity index is 1.98. The number of methoxy groups -OCH3 is 1. The normalized spacial score (nSPS) is 18.2. The summed E-state index contributed by atoms with van der Waals surface area (Å²) < 4.78 is 10.7. The predicted octanol–water partition coefficient (Wildman–Crippen LogP) is 4.10. The average molecular weight is 447 g/mol. The van der Waals surface area contributed by atoms with E-state index >= 15 is 0 Å². The Labute approximate surface area is 186 Å². The van der Waals surface area contributed by atoms with Crippen LogP contribution in [0.2, 0.25) is 5.02 Å². The number of furan rings is 1. The summed E-state index contributed by atoms with van der Waals surface area (Å²) in [5.41, 5.74) is 0.313. The zero-order chi connectivity index (χ0) is 22.5. The molecule has 0 unspecified atom stereocenters. The number of aliphatic hydroxyl groups excluding tert-OH is 1. The van der Waals surface area contributed by atoms with Gasteiger partial charge in [-0.3, -0.25) is 9.59 Å². The van der Waals surface area contributed by atoms with Crippen molar-refractivity contribution in [3.8, 4) is 5.75 Å². The molecule has 0 spiro atoms. The van der Waals surface area contributed by atoms with Crippen molar-refractivity contribution in [2.45, 2.75) is 26.3 Å². The second kappa shape index (κ2) is 10.0. The molecule has 1 aliphatic heterocycles. The number of carbonyl (C=O) groups is 2. The first-order valence-electron chi connectivity index (χ1n) is 10.3. The second-order valence-electron chi connectivity index (χ2n) is 7.24. The SMILES string of the molecule is CCN(CC)CCCN1C(=O)C(=O)/C(=C(\O)c2ccc(OC)c(Cl)c2)[C@@H]1c1ccco1. The highest BCUT2D eigenvalue weighted by atomic mass is 35.5. The molecule has 1 aromatic carbocycles. The zero-order valence-corrected chi connectivity index (χ0v) is 18.7. The lowest BCUT2D eigenvalue weighted by Crippen LogP contribution is -2.33. The average Bonchev–Trinajstić information content (AvgIpc) is 3.38. The molecule has 31 heavy (non-hydrogen) atoms. The first-order chi connectivity index (χ1) is 14.9. The van der Waals surface area contributed by atoms with Crippen LogP contribution in [0.25, 0.3) is 5.76 Å². The maximum Gasteiger partial charge on any atom is 0.295 e. The summed E-state index contributed by atoms with van der Waals surface area (Å²) in [6.45, 7) is 7.16.